The SMILES string of the molecule is CC(C)Cn1cnc2cnc3cccnc3c21.Cc1c(C(=O)O)cccc1C(=O)O. The molecule has 0 saturated carbocycles. The molecule has 0 unspecified atom stereocenters. The van der Waals surface area contributed by atoms with Gasteiger partial charge in [0, 0.05) is 12.7 Å². The van der Waals surface area contributed by atoms with Crippen molar-refractivity contribution in [3.8, 4) is 0 Å². The number of aromatic nitrogens is 4. The molecule has 0 aliphatic heterocycles. The number of carboxylic acid groups (broad SMARTS) is 2. The summed E-state index contributed by atoms with van der Waals surface area (Å²) in [4.78, 5) is 34.4. The monoisotopic (exact) mass is 406 g/mol. The predicted molar refractivity (Wildman–Crippen MR) is 113 cm³/mol. The largest absolute Gasteiger partial charge is 0.478 e. The topological polar surface area (TPSA) is 118 Å². The van der Waals surface area contributed by atoms with Gasteiger partial charge in [-0.1, -0.05) is 19.9 Å². The number of imidazole rings is 1. The lowest BCUT2D eigenvalue weighted by Crippen LogP contribution is -2.06. The molecule has 8 heteroatoms. The maximum Gasteiger partial charge on any atom is 0.335 e. The molecule has 0 atom stereocenters. The van der Waals surface area contributed by atoms with Crippen LogP contribution < -0.4 is 0 Å². The molecule has 1 aromatic carbocycles. The van der Waals surface area contributed by atoms with E-state index in [1.807, 2.05) is 24.7 Å². The van der Waals surface area contributed by atoms with Gasteiger partial charge in [-0.3, -0.25) is 9.97 Å². The van der Waals surface area contributed by atoms with E-state index in [0.29, 0.717) is 5.92 Å². The lowest BCUT2D eigenvalue weighted by atomic mass is 10.0. The Morgan fingerprint density at radius 1 is 0.967 bits per heavy atom. The first kappa shape index (κ1) is 20.9. The number of pyridine rings is 2. The van der Waals surface area contributed by atoms with E-state index < -0.39 is 11.9 Å². The van der Waals surface area contributed by atoms with Gasteiger partial charge in [-0.2, -0.15) is 0 Å². The van der Waals surface area contributed by atoms with E-state index in [2.05, 4.69) is 33.4 Å². The van der Waals surface area contributed by atoms with Crippen LogP contribution in [0.15, 0.2) is 49.1 Å². The van der Waals surface area contributed by atoms with Crippen LogP contribution in [-0.2, 0) is 6.54 Å². The zero-order valence-corrected chi connectivity index (χ0v) is 16.9. The van der Waals surface area contributed by atoms with Crippen LogP contribution >= 0.6 is 0 Å². The van der Waals surface area contributed by atoms with Gasteiger partial charge < -0.3 is 14.8 Å². The van der Waals surface area contributed by atoms with E-state index in [-0.39, 0.29) is 16.7 Å². The fourth-order valence-corrected chi connectivity index (χ4v) is 3.19. The number of carbonyl (C=O) groups is 2. The molecule has 3 heterocycles. The van der Waals surface area contributed by atoms with Gasteiger partial charge in [0.25, 0.3) is 0 Å². The van der Waals surface area contributed by atoms with Gasteiger partial charge >= 0.3 is 11.9 Å². The standard InChI is InChI=1S/C13H14N4.C9H8O4/c1-9(2)7-17-8-16-11-6-15-10-4-3-5-14-12(10)13(11)17;1-5-6(8(10)11)3-2-4-7(5)9(12)13/h3-6,8-9H,7H2,1-2H3;2-4H,1H3,(H,10,11)(H,12,13). The molecule has 0 saturated heterocycles. The number of aromatic carboxylic acids is 2. The van der Waals surface area contributed by atoms with Crippen LogP contribution in [0.2, 0.25) is 0 Å². The van der Waals surface area contributed by atoms with Crippen molar-refractivity contribution in [2.75, 3.05) is 0 Å². The van der Waals surface area contributed by atoms with Crippen molar-refractivity contribution in [2.45, 2.75) is 27.3 Å². The molecule has 0 amide bonds. The minimum Gasteiger partial charge on any atom is -0.478 e. The van der Waals surface area contributed by atoms with Crippen LogP contribution in [0.3, 0.4) is 0 Å². The molecule has 2 N–H and O–H groups in total. The number of benzene rings is 1. The lowest BCUT2D eigenvalue weighted by Gasteiger charge is -2.08. The predicted octanol–water partition coefficient (Wildman–Crippen LogP) is 4.03. The first-order chi connectivity index (χ1) is 14.3. The normalized spacial score (nSPS) is 10.8. The summed E-state index contributed by atoms with van der Waals surface area (Å²) in [5.41, 5.74) is 4.19. The van der Waals surface area contributed by atoms with Crippen molar-refractivity contribution >= 4 is 34.0 Å². The quantitative estimate of drug-likeness (QED) is 0.525. The molecule has 4 aromatic rings. The Bertz CT molecular complexity index is 1200. The molecule has 3 aromatic heterocycles. The maximum absolute atomic E-state index is 10.6. The van der Waals surface area contributed by atoms with E-state index in [9.17, 15) is 9.59 Å². The fraction of sp³-hybridized carbons (Fsp3) is 0.227. The Balaban J connectivity index is 0.000000178. The molecule has 0 aliphatic rings. The zero-order valence-electron chi connectivity index (χ0n) is 16.9. The Kier molecular flexibility index (Phi) is 6.06. The van der Waals surface area contributed by atoms with E-state index >= 15 is 0 Å². The van der Waals surface area contributed by atoms with Crippen molar-refractivity contribution in [3.05, 3.63) is 65.7 Å². The van der Waals surface area contributed by atoms with E-state index in [1.54, 1.807) is 6.20 Å². The summed E-state index contributed by atoms with van der Waals surface area (Å²) in [7, 11) is 0. The van der Waals surface area contributed by atoms with Crippen LogP contribution in [0.1, 0.15) is 40.1 Å². The number of fused-ring (bicyclic) bond motifs is 3. The Hall–Kier alpha value is -3.81. The average Bonchev–Trinajstić information content (AvgIpc) is 3.11. The molecular formula is C22H22N4O4. The second kappa shape index (κ2) is 8.69. The minimum atomic E-state index is -1.11. The molecule has 8 nitrogen and oxygen atoms in total. The molecule has 0 spiro atoms. The highest BCUT2D eigenvalue weighted by Gasteiger charge is 2.13. The number of hydrogen-bond acceptors (Lipinski definition) is 5. The summed E-state index contributed by atoms with van der Waals surface area (Å²) in [6.07, 6.45) is 5.49. The highest BCUT2D eigenvalue weighted by molar-refractivity contribution is 5.99. The molecule has 30 heavy (non-hydrogen) atoms. The zero-order chi connectivity index (χ0) is 21.8. The first-order valence-corrected chi connectivity index (χ1v) is 9.40. The number of hydrogen-bond donors (Lipinski definition) is 2. The average molecular weight is 406 g/mol. The third-order valence-electron chi connectivity index (χ3n) is 4.56. The summed E-state index contributed by atoms with van der Waals surface area (Å²) in [5.74, 6) is -1.64. The molecule has 0 aliphatic carbocycles. The third kappa shape index (κ3) is 4.27. The Labute approximate surface area is 172 Å². The Morgan fingerprint density at radius 2 is 1.63 bits per heavy atom. The molecule has 4 rings (SSSR count). The second-order valence-corrected chi connectivity index (χ2v) is 7.24. The summed E-state index contributed by atoms with van der Waals surface area (Å²) in [6.45, 7) is 6.82. The third-order valence-corrected chi connectivity index (χ3v) is 4.56. The van der Waals surface area contributed by atoms with Crippen LogP contribution in [0.5, 0.6) is 0 Å². The highest BCUT2D eigenvalue weighted by Crippen LogP contribution is 2.21. The van der Waals surface area contributed by atoms with Crippen LogP contribution in [0, 0.1) is 12.8 Å². The summed E-state index contributed by atoms with van der Waals surface area (Å²) < 4.78 is 2.16. The number of rotatable bonds is 4. The second-order valence-electron chi connectivity index (χ2n) is 7.24. The van der Waals surface area contributed by atoms with E-state index in [1.165, 1.54) is 25.1 Å². The van der Waals surface area contributed by atoms with Gasteiger partial charge in [0.15, 0.2) is 0 Å². The van der Waals surface area contributed by atoms with Crippen LogP contribution in [-0.4, -0.2) is 41.7 Å². The van der Waals surface area contributed by atoms with E-state index in [0.717, 1.165) is 28.6 Å². The van der Waals surface area contributed by atoms with Crippen molar-refractivity contribution in [1.29, 1.82) is 0 Å². The first-order valence-electron chi connectivity index (χ1n) is 9.40. The fourth-order valence-electron chi connectivity index (χ4n) is 3.19. The van der Waals surface area contributed by atoms with Crippen molar-refractivity contribution in [1.82, 2.24) is 19.5 Å². The van der Waals surface area contributed by atoms with Gasteiger partial charge in [-0.05, 0) is 42.7 Å². The van der Waals surface area contributed by atoms with Crippen LogP contribution in [0.25, 0.3) is 22.1 Å². The van der Waals surface area contributed by atoms with Gasteiger partial charge in [-0.25, -0.2) is 14.6 Å². The molecule has 154 valence electrons. The summed E-state index contributed by atoms with van der Waals surface area (Å²) in [6, 6.07) is 8.06. The molecule has 0 radical (unpaired) electrons. The molecule has 0 bridgehead atoms. The van der Waals surface area contributed by atoms with Gasteiger partial charge in [0.05, 0.1) is 34.7 Å². The minimum absolute atomic E-state index is 0.0277. The number of nitrogens with zero attached hydrogens (tertiary/aromatic N) is 4. The molecule has 0 fully saturated rings. The summed E-state index contributed by atoms with van der Waals surface area (Å²) >= 11 is 0. The lowest BCUT2D eigenvalue weighted by molar-refractivity contribution is 0.0696. The van der Waals surface area contributed by atoms with Gasteiger partial charge in [-0.15, -0.1) is 0 Å². The van der Waals surface area contributed by atoms with Crippen molar-refractivity contribution in [3.63, 3.8) is 0 Å². The number of carboxylic acids is 2. The molecular weight excluding hydrogens is 384 g/mol. The maximum atomic E-state index is 10.6. The summed E-state index contributed by atoms with van der Waals surface area (Å²) in [5, 5.41) is 17.4. The van der Waals surface area contributed by atoms with Crippen molar-refractivity contribution < 1.29 is 19.8 Å². The van der Waals surface area contributed by atoms with Crippen LogP contribution in [0.4, 0.5) is 0 Å². The van der Waals surface area contributed by atoms with Gasteiger partial charge in [0.2, 0.25) is 0 Å². The van der Waals surface area contributed by atoms with Crippen molar-refractivity contribution in [2.24, 2.45) is 5.92 Å². The highest BCUT2D eigenvalue weighted by atomic mass is 16.4. The smallest absolute Gasteiger partial charge is 0.335 e. The Morgan fingerprint density at radius 3 is 2.23 bits per heavy atom. The van der Waals surface area contributed by atoms with Gasteiger partial charge in [0.1, 0.15) is 11.0 Å². The van der Waals surface area contributed by atoms with E-state index in [4.69, 9.17) is 10.2 Å².